The summed E-state index contributed by atoms with van der Waals surface area (Å²) in [6.45, 7) is 7.58. The van der Waals surface area contributed by atoms with Gasteiger partial charge in [0, 0.05) is 12.1 Å². The summed E-state index contributed by atoms with van der Waals surface area (Å²) in [6, 6.07) is 0. The monoisotopic (exact) mass is 237 g/mol. The van der Waals surface area contributed by atoms with E-state index in [0.29, 0.717) is 0 Å². The van der Waals surface area contributed by atoms with Crippen LogP contribution in [0.2, 0.25) is 0 Å². The van der Waals surface area contributed by atoms with Gasteiger partial charge < -0.3 is 4.90 Å². The molecule has 0 saturated carbocycles. The predicted molar refractivity (Wildman–Crippen MR) is 72.9 cm³/mol. The molecule has 0 N–H and O–H groups in total. The highest BCUT2D eigenvalue weighted by Gasteiger charge is 2.32. The van der Waals surface area contributed by atoms with Gasteiger partial charge in [0.2, 0.25) is 5.91 Å². The first-order chi connectivity index (χ1) is 8.14. The largest absolute Gasteiger partial charge is 0.333 e. The predicted octanol–water partition coefficient (Wildman–Crippen LogP) is 3.91. The van der Waals surface area contributed by atoms with Crippen molar-refractivity contribution in [2.45, 2.75) is 71.3 Å². The zero-order chi connectivity index (χ0) is 12.7. The van der Waals surface area contributed by atoms with E-state index in [0.717, 1.165) is 25.8 Å². The highest BCUT2D eigenvalue weighted by atomic mass is 16.2. The van der Waals surface area contributed by atoms with Gasteiger partial charge in [0.05, 0.1) is 0 Å². The summed E-state index contributed by atoms with van der Waals surface area (Å²) >= 11 is 0. The Morgan fingerprint density at radius 1 is 1.29 bits per heavy atom. The van der Waals surface area contributed by atoms with Gasteiger partial charge in [-0.3, -0.25) is 4.79 Å². The van der Waals surface area contributed by atoms with E-state index in [1.165, 1.54) is 25.7 Å². The van der Waals surface area contributed by atoms with E-state index >= 15 is 0 Å². The fourth-order valence-corrected chi connectivity index (χ4v) is 2.56. The zero-order valence-corrected chi connectivity index (χ0v) is 11.7. The quantitative estimate of drug-likeness (QED) is 0.615. The van der Waals surface area contributed by atoms with E-state index in [-0.39, 0.29) is 11.4 Å². The van der Waals surface area contributed by atoms with Crippen LogP contribution in [0.4, 0.5) is 0 Å². The Morgan fingerprint density at radius 3 is 2.65 bits per heavy atom. The molecule has 1 amide bonds. The number of amides is 1. The van der Waals surface area contributed by atoms with Crippen LogP contribution in [-0.4, -0.2) is 22.9 Å². The third-order valence-corrected chi connectivity index (χ3v) is 4.03. The number of hydrogen-bond donors (Lipinski definition) is 0. The fourth-order valence-electron chi connectivity index (χ4n) is 2.56. The SMILES string of the molecule is CCCCCCC(C)(CC)N1CCC=CC1=O. The van der Waals surface area contributed by atoms with E-state index in [4.69, 9.17) is 0 Å². The summed E-state index contributed by atoms with van der Waals surface area (Å²) in [6.07, 6.45) is 12.1. The Morgan fingerprint density at radius 2 is 2.06 bits per heavy atom. The molecule has 1 rings (SSSR count). The number of carbonyl (C=O) groups excluding carboxylic acids is 1. The summed E-state index contributed by atoms with van der Waals surface area (Å²) in [4.78, 5) is 14.0. The van der Waals surface area contributed by atoms with E-state index < -0.39 is 0 Å². The highest BCUT2D eigenvalue weighted by Crippen LogP contribution is 2.28. The molecule has 0 spiro atoms. The Kier molecular flexibility index (Phi) is 5.73. The molecule has 1 unspecified atom stereocenters. The molecule has 0 aliphatic carbocycles. The molecule has 98 valence electrons. The molecule has 0 aromatic rings. The molecular formula is C15H27NO. The molecule has 0 fully saturated rings. The average molecular weight is 237 g/mol. The Labute approximate surface area is 106 Å². The van der Waals surface area contributed by atoms with Crippen LogP contribution in [-0.2, 0) is 4.79 Å². The zero-order valence-electron chi connectivity index (χ0n) is 11.7. The molecule has 0 bridgehead atoms. The summed E-state index contributed by atoms with van der Waals surface area (Å²) in [5.74, 6) is 0.205. The van der Waals surface area contributed by atoms with Crippen molar-refractivity contribution in [1.82, 2.24) is 4.90 Å². The molecule has 2 nitrogen and oxygen atoms in total. The standard InChI is InChI=1S/C15H27NO/c1-4-6-7-9-12-15(3,5-2)16-13-10-8-11-14(16)17/h8,11H,4-7,9-10,12-13H2,1-3H3. The lowest BCUT2D eigenvalue weighted by Crippen LogP contribution is -2.50. The maximum Gasteiger partial charge on any atom is 0.246 e. The first-order valence-corrected chi connectivity index (χ1v) is 7.12. The van der Waals surface area contributed by atoms with Crippen molar-refractivity contribution in [1.29, 1.82) is 0 Å². The molecule has 0 radical (unpaired) electrons. The molecule has 2 heteroatoms. The van der Waals surface area contributed by atoms with Crippen molar-refractivity contribution in [3.05, 3.63) is 12.2 Å². The molecule has 1 atom stereocenters. The van der Waals surface area contributed by atoms with Crippen LogP contribution in [0.1, 0.15) is 65.7 Å². The molecule has 0 aromatic heterocycles. The van der Waals surface area contributed by atoms with Crippen molar-refractivity contribution >= 4 is 5.91 Å². The number of nitrogens with zero attached hydrogens (tertiary/aromatic N) is 1. The minimum absolute atomic E-state index is 0.0651. The van der Waals surface area contributed by atoms with E-state index in [1.54, 1.807) is 6.08 Å². The van der Waals surface area contributed by atoms with Crippen LogP contribution in [0.15, 0.2) is 12.2 Å². The first kappa shape index (κ1) is 14.3. The third-order valence-electron chi connectivity index (χ3n) is 4.03. The number of unbranched alkanes of at least 4 members (excludes halogenated alkanes) is 3. The number of carbonyl (C=O) groups is 1. The Hall–Kier alpha value is -0.790. The molecule has 0 saturated heterocycles. The van der Waals surface area contributed by atoms with Crippen molar-refractivity contribution in [2.75, 3.05) is 6.54 Å². The van der Waals surface area contributed by atoms with Crippen LogP contribution < -0.4 is 0 Å². The topological polar surface area (TPSA) is 20.3 Å². The number of hydrogen-bond acceptors (Lipinski definition) is 1. The van der Waals surface area contributed by atoms with Gasteiger partial charge in [-0.2, -0.15) is 0 Å². The summed E-state index contributed by atoms with van der Waals surface area (Å²) in [7, 11) is 0. The van der Waals surface area contributed by atoms with Gasteiger partial charge in [-0.1, -0.05) is 45.6 Å². The minimum Gasteiger partial charge on any atom is -0.333 e. The van der Waals surface area contributed by atoms with Gasteiger partial charge in [-0.05, 0) is 32.3 Å². The van der Waals surface area contributed by atoms with E-state index in [9.17, 15) is 4.79 Å². The lowest BCUT2D eigenvalue weighted by atomic mass is 9.88. The van der Waals surface area contributed by atoms with Crippen LogP contribution in [0.25, 0.3) is 0 Å². The molecular weight excluding hydrogens is 210 g/mol. The second-order valence-corrected chi connectivity index (χ2v) is 5.34. The van der Waals surface area contributed by atoms with Crippen molar-refractivity contribution < 1.29 is 4.79 Å². The van der Waals surface area contributed by atoms with E-state index in [1.807, 2.05) is 6.08 Å². The third kappa shape index (κ3) is 3.86. The lowest BCUT2D eigenvalue weighted by Gasteiger charge is -2.42. The minimum atomic E-state index is 0.0651. The van der Waals surface area contributed by atoms with E-state index in [2.05, 4.69) is 25.7 Å². The van der Waals surface area contributed by atoms with Crippen molar-refractivity contribution in [2.24, 2.45) is 0 Å². The second-order valence-electron chi connectivity index (χ2n) is 5.34. The average Bonchev–Trinajstić information content (AvgIpc) is 2.35. The first-order valence-electron chi connectivity index (χ1n) is 7.12. The van der Waals surface area contributed by atoms with Crippen molar-refractivity contribution in [3.63, 3.8) is 0 Å². The van der Waals surface area contributed by atoms with Gasteiger partial charge in [0.15, 0.2) is 0 Å². The smallest absolute Gasteiger partial charge is 0.246 e. The van der Waals surface area contributed by atoms with Crippen LogP contribution >= 0.6 is 0 Å². The van der Waals surface area contributed by atoms with Crippen molar-refractivity contribution in [3.8, 4) is 0 Å². The van der Waals surface area contributed by atoms with Gasteiger partial charge in [-0.25, -0.2) is 0 Å². The van der Waals surface area contributed by atoms with Gasteiger partial charge in [0.25, 0.3) is 0 Å². The highest BCUT2D eigenvalue weighted by molar-refractivity contribution is 5.88. The van der Waals surface area contributed by atoms with Gasteiger partial charge >= 0.3 is 0 Å². The summed E-state index contributed by atoms with van der Waals surface area (Å²) < 4.78 is 0. The van der Waals surface area contributed by atoms with Crippen LogP contribution in [0, 0.1) is 0 Å². The maximum absolute atomic E-state index is 11.9. The summed E-state index contributed by atoms with van der Waals surface area (Å²) in [5.41, 5.74) is 0.0651. The van der Waals surface area contributed by atoms with Crippen LogP contribution in [0.5, 0.6) is 0 Å². The summed E-state index contributed by atoms with van der Waals surface area (Å²) in [5, 5.41) is 0. The van der Waals surface area contributed by atoms with Gasteiger partial charge in [0.1, 0.15) is 0 Å². The molecule has 1 aliphatic heterocycles. The maximum atomic E-state index is 11.9. The molecule has 1 aliphatic rings. The normalized spacial score (nSPS) is 19.5. The second kappa shape index (κ2) is 6.83. The van der Waals surface area contributed by atoms with Gasteiger partial charge in [-0.15, -0.1) is 0 Å². The van der Waals surface area contributed by atoms with Crippen LogP contribution in [0.3, 0.4) is 0 Å². The Balaban J connectivity index is 2.54. The molecule has 17 heavy (non-hydrogen) atoms. The molecule has 0 aromatic carbocycles. The number of rotatable bonds is 7. The Bertz CT molecular complexity index is 272. The fraction of sp³-hybridized carbons (Fsp3) is 0.800. The lowest BCUT2D eigenvalue weighted by molar-refractivity contribution is -0.132. The molecule has 1 heterocycles.